The molecule has 0 saturated carbocycles. The fraction of sp³-hybridized carbons (Fsp3) is 0.308. The minimum Gasteiger partial charge on any atom is -0.496 e. The lowest BCUT2D eigenvalue weighted by Gasteiger charge is -2.06. The largest absolute Gasteiger partial charge is 0.496 e. The number of nitro benzene ring substituents is 1. The molecule has 8 nitrogen and oxygen atoms in total. The van der Waals surface area contributed by atoms with Gasteiger partial charge in [-0.25, -0.2) is 0 Å². The molecule has 1 aromatic heterocycles. The Kier molecular flexibility index (Phi) is 4.72. The molecular weight excluding hydrogens is 276 g/mol. The highest BCUT2D eigenvalue weighted by atomic mass is 16.6. The number of nitrogens with one attached hydrogen (secondary N) is 1. The summed E-state index contributed by atoms with van der Waals surface area (Å²) < 4.78 is 11.7. The van der Waals surface area contributed by atoms with Crippen LogP contribution in [0.4, 0.5) is 17.1 Å². The zero-order valence-corrected chi connectivity index (χ0v) is 11.8. The second-order valence-corrected chi connectivity index (χ2v) is 4.25. The Morgan fingerprint density at radius 1 is 1.43 bits per heavy atom. The number of benzene rings is 1. The molecule has 0 spiro atoms. The van der Waals surface area contributed by atoms with Crippen molar-refractivity contribution in [3.63, 3.8) is 0 Å². The molecule has 0 bridgehead atoms. The number of methoxy groups -OCH3 is 2. The van der Waals surface area contributed by atoms with Crippen LogP contribution in [0.1, 0.15) is 0 Å². The number of aromatic nitrogens is 2. The Labute approximate surface area is 121 Å². The van der Waals surface area contributed by atoms with Gasteiger partial charge in [-0.3, -0.25) is 14.8 Å². The maximum atomic E-state index is 11.1. The van der Waals surface area contributed by atoms with Gasteiger partial charge >= 0.3 is 0 Å². The van der Waals surface area contributed by atoms with E-state index in [2.05, 4.69) is 10.4 Å². The van der Waals surface area contributed by atoms with E-state index in [4.69, 9.17) is 9.47 Å². The number of hydrogen-bond donors (Lipinski definition) is 1. The van der Waals surface area contributed by atoms with Crippen LogP contribution in [-0.2, 0) is 11.3 Å². The van der Waals surface area contributed by atoms with Crippen molar-refractivity contribution < 1.29 is 14.4 Å². The van der Waals surface area contributed by atoms with Crippen LogP contribution >= 0.6 is 0 Å². The van der Waals surface area contributed by atoms with Crippen LogP contribution in [0, 0.1) is 10.1 Å². The predicted octanol–water partition coefficient (Wildman–Crippen LogP) is 2.19. The van der Waals surface area contributed by atoms with Crippen LogP contribution in [-0.4, -0.2) is 35.5 Å². The van der Waals surface area contributed by atoms with E-state index in [-0.39, 0.29) is 5.69 Å². The van der Waals surface area contributed by atoms with Crippen molar-refractivity contribution in [3.8, 4) is 5.75 Å². The van der Waals surface area contributed by atoms with Gasteiger partial charge in [-0.05, 0) is 12.1 Å². The third-order valence-electron chi connectivity index (χ3n) is 2.84. The summed E-state index contributed by atoms with van der Waals surface area (Å²) in [7, 11) is 3.08. The van der Waals surface area contributed by atoms with Gasteiger partial charge in [-0.15, -0.1) is 0 Å². The first-order valence-corrected chi connectivity index (χ1v) is 6.25. The van der Waals surface area contributed by atoms with Crippen molar-refractivity contribution in [2.75, 3.05) is 26.1 Å². The van der Waals surface area contributed by atoms with E-state index in [0.717, 1.165) is 0 Å². The number of nitro groups is 1. The molecule has 1 heterocycles. The van der Waals surface area contributed by atoms with Crippen molar-refractivity contribution >= 4 is 17.1 Å². The van der Waals surface area contributed by atoms with E-state index < -0.39 is 4.92 Å². The Balaban J connectivity index is 2.18. The monoisotopic (exact) mass is 292 g/mol. The zero-order valence-electron chi connectivity index (χ0n) is 11.8. The summed E-state index contributed by atoms with van der Waals surface area (Å²) in [6.45, 7) is 1.16. The standard InChI is InChI=1S/C13H16N4O4/c1-20-6-5-16-9-10(8-14-16)15-12-4-3-11(21-2)7-13(12)17(18)19/h3-4,7-9,15H,5-6H2,1-2H3. The molecule has 21 heavy (non-hydrogen) atoms. The van der Waals surface area contributed by atoms with Gasteiger partial charge in [-0.2, -0.15) is 5.10 Å². The molecule has 8 heteroatoms. The van der Waals surface area contributed by atoms with Crippen LogP contribution < -0.4 is 10.1 Å². The molecule has 2 rings (SSSR count). The number of rotatable bonds is 7. The smallest absolute Gasteiger partial charge is 0.296 e. The van der Waals surface area contributed by atoms with Gasteiger partial charge < -0.3 is 14.8 Å². The number of anilines is 2. The van der Waals surface area contributed by atoms with E-state index >= 15 is 0 Å². The van der Waals surface area contributed by atoms with E-state index in [9.17, 15) is 10.1 Å². The average molecular weight is 292 g/mol. The molecule has 2 aromatic rings. The summed E-state index contributed by atoms with van der Waals surface area (Å²) in [4.78, 5) is 10.6. The van der Waals surface area contributed by atoms with Gasteiger partial charge in [0, 0.05) is 13.3 Å². The second-order valence-electron chi connectivity index (χ2n) is 4.25. The predicted molar refractivity (Wildman–Crippen MR) is 77.0 cm³/mol. The second kappa shape index (κ2) is 6.71. The van der Waals surface area contributed by atoms with Crippen molar-refractivity contribution in [3.05, 3.63) is 40.7 Å². The molecule has 0 aliphatic heterocycles. The molecule has 0 aliphatic rings. The quantitative estimate of drug-likeness (QED) is 0.621. The summed E-state index contributed by atoms with van der Waals surface area (Å²) in [5.74, 6) is 0.433. The van der Waals surface area contributed by atoms with Crippen molar-refractivity contribution in [1.29, 1.82) is 0 Å². The summed E-state index contributed by atoms with van der Waals surface area (Å²) in [6.07, 6.45) is 3.36. The maximum Gasteiger partial charge on any atom is 0.296 e. The Bertz CT molecular complexity index is 626. The van der Waals surface area contributed by atoms with E-state index in [0.29, 0.717) is 30.3 Å². The molecule has 1 N–H and O–H groups in total. The minimum absolute atomic E-state index is 0.0565. The van der Waals surface area contributed by atoms with Crippen LogP contribution in [0.25, 0.3) is 0 Å². The highest BCUT2D eigenvalue weighted by Gasteiger charge is 2.15. The fourth-order valence-corrected chi connectivity index (χ4v) is 1.79. The highest BCUT2D eigenvalue weighted by molar-refractivity contribution is 5.70. The summed E-state index contributed by atoms with van der Waals surface area (Å²) in [5, 5.41) is 18.2. The lowest BCUT2D eigenvalue weighted by atomic mass is 10.2. The van der Waals surface area contributed by atoms with Crippen molar-refractivity contribution in [2.24, 2.45) is 0 Å². The first-order valence-electron chi connectivity index (χ1n) is 6.25. The third kappa shape index (κ3) is 3.69. The molecule has 0 fully saturated rings. The first kappa shape index (κ1) is 14.8. The molecule has 0 saturated heterocycles. The average Bonchev–Trinajstić information content (AvgIpc) is 2.92. The summed E-state index contributed by atoms with van der Waals surface area (Å²) in [6, 6.07) is 4.63. The van der Waals surface area contributed by atoms with E-state index in [1.165, 1.54) is 13.2 Å². The maximum absolute atomic E-state index is 11.1. The SMILES string of the molecule is COCCn1cc(Nc2ccc(OC)cc2[N+](=O)[O-])cn1. The molecule has 0 unspecified atom stereocenters. The van der Waals surface area contributed by atoms with Gasteiger partial charge in [0.05, 0.1) is 43.1 Å². The van der Waals surface area contributed by atoms with Gasteiger partial charge in [0.1, 0.15) is 11.4 Å². The Morgan fingerprint density at radius 2 is 2.24 bits per heavy atom. The molecule has 0 aliphatic carbocycles. The number of nitrogens with zero attached hydrogens (tertiary/aromatic N) is 3. The Hall–Kier alpha value is -2.61. The molecule has 1 aromatic carbocycles. The van der Waals surface area contributed by atoms with Gasteiger partial charge in [0.2, 0.25) is 0 Å². The van der Waals surface area contributed by atoms with Crippen LogP contribution in [0.3, 0.4) is 0 Å². The molecule has 0 radical (unpaired) electrons. The lowest BCUT2D eigenvalue weighted by Crippen LogP contribution is -2.04. The van der Waals surface area contributed by atoms with Crippen LogP contribution in [0.15, 0.2) is 30.6 Å². The lowest BCUT2D eigenvalue weighted by molar-refractivity contribution is -0.384. The Morgan fingerprint density at radius 3 is 2.90 bits per heavy atom. The molecular formula is C13H16N4O4. The first-order chi connectivity index (χ1) is 10.1. The number of ether oxygens (including phenoxy) is 2. The van der Waals surface area contributed by atoms with Crippen molar-refractivity contribution in [1.82, 2.24) is 9.78 Å². The summed E-state index contributed by atoms with van der Waals surface area (Å²) in [5.41, 5.74) is 0.991. The summed E-state index contributed by atoms with van der Waals surface area (Å²) >= 11 is 0. The molecule has 0 atom stereocenters. The fourth-order valence-electron chi connectivity index (χ4n) is 1.79. The van der Waals surface area contributed by atoms with Gasteiger partial charge in [-0.1, -0.05) is 0 Å². The topological polar surface area (TPSA) is 91.5 Å². The molecule has 0 amide bonds. The van der Waals surface area contributed by atoms with Crippen LogP contribution in [0.2, 0.25) is 0 Å². The van der Waals surface area contributed by atoms with Gasteiger partial charge in [0.25, 0.3) is 5.69 Å². The van der Waals surface area contributed by atoms with E-state index in [1.807, 2.05) is 0 Å². The molecule has 112 valence electrons. The number of hydrogen-bond acceptors (Lipinski definition) is 6. The normalized spacial score (nSPS) is 10.4. The highest BCUT2D eigenvalue weighted by Crippen LogP contribution is 2.31. The van der Waals surface area contributed by atoms with E-state index in [1.54, 1.807) is 36.3 Å². The zero-order chi connectivity index (χ0) is 15.2. The third-order valence-corrected chi connectivity index (χ3v) is 2.84. The minimum atomic E-state index is -0.458. The van der Waals surface area contributed by atoms with Crippen LogP contribution in [0.5, 0.6) is 5.75 Å². The van der Waals surface area contributed by atoms with Crippen molar-refractivity contribution in [2.45, 2.75) is 6.54 Å². The van der Waals surface area contributed by atoms with Gasteiger partial charge in [0.15, 0.2) is 0 Å².